The van der Waals surface area contributed by atoms with Gasteiger partial charge in [0.05, 0.1) is 6.61 Å². The fraction of sp³-hybridized carbons (Fsp3) is 0.900. The minimum atomic E-state index is -0.613. The summed E-state index contributed by atoms with van der Waals surface area (Å²) in [5.74, 6) is 1.57. The topological polar surface area (TPSA) is 50.4 Å². The Kier molecular flexibility index (Phi) is 6.23. The van der Waals surface area contributed by atoms with Crippen LogP contribution in [0.5, 0.6) is 0 Å². The minimum absolute atomic E-state index is 0.211. The summed E-state index contributed by atoms with van der Waals surface area (Å²) < 4.78 is 16.2. The van der Waals surface area contributed by atoms with Gasteiger partial charge in [0.1, 0.15) is 0 Å². The fourth-order valence-corrected chi connectivity index (χ4v) is 3.35. The molecule has 1 aliphatic heterocycles. The van der Waals surface area contributed by atoms with Crippen molar-refractivity contribution in [1.82, 2.24) is 10.6 Å². The highest BCUT2D eigenvalue weighted by Gasteiger charge is 2.18. The number of thiocarbonyl (C=S) groups is 1. The number of nitrogens with one attached hydrogen (secondary N) is 2. The van der Waals surface area contributed by atoms with Crippen molar-refractivity contribution in [3.8, 4) is 0 Å². The van der Waals surface area contributed by atoms with Gasteiger partial charge in [0.2, 0.25) is 0 Å². The first-order valence-electron chi connectivity index (χ1n) is 5.52. The molecule has 0 aromatic rings. The van der Waals surface area contributed by atoms with Crippen molar-refractivity contribution in [2.45, 2.75) is 31.8 Å². The lowest BCUT2D eigenvalue weighted by atomic mass is 10.2. The quantitative estimate of drug-likeness (QED) is 0.720. The average Bonchev–Trinajstić information content (AvgIpc) is 2.21. The molecule has 0 radical (unpaired) electrons. The zero-order valence-electron chi connectivity index (χ0n) is 9.82. The molecule has 0 spiro atoms. The molecule has 0 bridgehead atoms. The molecule has 1 atom stereocenters. The third-order valence-corrected chi connectivity index (χ3v) is 4.14. The van der Waals surface area contributed by atoms with Crippen molar-refractivity contribution in [2.24, 2.45) is 0 Å². The van der Waals surface area contributed by atoms with Gasteiger partial charge in [0, 0.05) is 41.5 Å². The minimum Gasteiger partial charge on any atom is -0.383 e. The average molecular weight is 264 g/mol. The molecule has 1 unspecified atom stereocenters. The second-order valence-electron chi connectivity index (χ2n) is 4.10. The van der Waals surface area contributed by atoms with Gasteiger partial charge >= 0.3 is 0 Å². The van der Waals surface area contributed by atoms with Gasteiger partial charge in [0.25, 0.3) is 0 Å². The van der Waals surface area contributed by atoms with Gasteiger partial charge in [-0.05, 0) is 32.0 Å². The molecule has 16 heavy (non-hydrogen) atoms. The van der Waals surface area contributed by atoms with Gasteiger partial charge in [-0.3, -0.25) is 4.21 Å². The Bertz CT molecular complexity index is 251. The van der Waals surface area contributed by atoms with Gasteiger partial charge in [-0.2, -0.15) is 0 Å². The van der Waals surface area contributed by atoms with Crippen molar-refractivity contribution in [1.29, 1.82) is 0 Å². The summed E-state index contributed by atoms with van der Waals surface area (Å²) in [4.78, 5) is 0. The van der Waals surface area contributed by atoms with E-state index >= 15 is 0 Å². The maximum atomic E-state index is 11.2. The third-order valence-electron chi connectivity index (χ3n) is 2.52. The van der Waals surface area contributed by atoms with Crippen LogP contribution in [-0.4, -0.2) is 46.6 Å². The van der Waals surface area contributed by atoms with E-state index in [1.54, 1.807) is 7.11 Å². The zero-order chi connectivity index (χ0) is 12.0. The van der Waals surface area contributed by atoms with E-state index in [9.17, 15) is 4.21 Å². The molecular formula is C10H20N2O2S2. The summed E-state index contributed by atoms with van der Waals surface area (Å²) in [6.07, 6.45) is 1.88. The monoisotopic (exact) mass is 264 g/mol. The molecule has 0 amide bonds. The van der Waals surface area contributed by atoms with E-state index in [0.29, 0.717) is 17.8 Å². The molecule has 0 aromatic carbocycles. The Hall–Kier alpha value is -0.200. The first-order valence-corrected chi connectivity index (χ1v) is 7.42. The second-order valence-corrected chi connectivity index (χ2v) is 6.20. The molecule has 6 heteroatoms. The van der Waals surface area contributed by atoms with Crippen molar-refractivity contribution in [3.05, 3.63) is 0 Å². The molecule has 2 N–H and O–H groups in total. The predicted molar refractivity (Wildman–Crippen MR) is 71.1 cm³/mol. The van der Waals surface area contributed by atoms with Crippen molar-refractivity contribution in [3.63, 3.8) is 0 Å². The number of ether oxygens (including phenoxy) is 1. The maximum Gasteiger partial charge on any atom is 0.166 e. The Morgan fingerprint density at radius 1 is 1.56 bits per heavy atom. The SMILES string of the molecule is COCC(C)NC(=S)NC1CCS(=O)CC1. The van der Waals surface area contributed by atoms with Crippen LogP contribution in [-0.2, 0) is 15.5 Å². The molecule has 1 heterocycles. The zero-order valence-corrected chi connectivity index (χ0v) is 11.5. The summed E-state index contributed by atoms with van der Waals surface area (Å²) in [6.45, 7) is 2.66. The third kappa shape index (κ3) is 5.23. The van der Waals surface area contributed by atoms with Gasteiger partial charge in [-0.25, -0.2) is 0 Å². The largest absolute Gasteiger partial charge is 0.383 e. The highest BCUT2D eigenvalue weighted by Crippen LogP contribution is 2.08. The smallest absolute Gasteiger partial charge is 0.166 e. The Balaban J connectivity index is 2.21. The van der Waals surface area contributed by atoms with Gasteiger partial charge in [-0.1, -0.05) is 0 Å². The van der Waals surface area contributed by atoms with E-state index in [1.165, 1.54) is 0 Å². The molecule has 4 nitrogen and oxygen atoms in total. The molecule has 1 saturated heterocycles. The Labute approximate surface area is 105 Å². The Morgan fingerprint density at radius 2 is 2.19 bits per heavy atom. The van der Waals surface area contributed by atoms with Crippen LogP contribution in [0, 0.1) is 0 Å². The van der Waals surface area contributed by atoms with Crippen LogP contribution in [0.3, 0.4) is 0 Å². The van der Waals surface area contributed by atoms with E-state index in [0.717, 1.165) is 24.3 Å². The molecule has 1 aliphatic rings. The highest BCUT2D eigenvalue weighted by molar-refractivity contribution is 7.85. The number of hydrogen-bond acceptors (Lipinski definition) is 3. The lowest BCUT2D eigenvalue weighted by Gasteiger charge is -2.25. The van der Waals surface area contributed by atoms with E-state index in [-0.39, 0.29) is 6.04 Å². The molecule has 1 rings (SSSR count). The van der Waals surface area contributed by atoms with Gasteiger partial charge in [-0.15, -0.1) is 0 Å². The molecule has 0 saturated carbocycles. The van der Waals surface area contributed by atoms with Crippen LogP contribution in [0.15, 0.2) is 0 Å². The molecule has 0 aromatic heterocycles. The summed E-state index contributed by atoms with van der Waals surface area (Å²) in [5.41, 5.74) is 0. The van der Waals surface area contributed by atoms with E-state index in [4.69, 9.17) is 17.0 Å². The summed E-state index contributed by atoms with van der Waals surface area (Å²) >= 11 is 5.20. The van der Waals surface area contributed by atoms with Gasteiger partial charge in [0.15, 0.2) is 5.11 Å². The second kappa shape index (κ2) is 7.19. The maximum absolute atomic E-state index is 11.2. The van der Waals surface area contributed by atoms with Crippen LogP contribution in [0.25, 0.3) is 0 Å². The highest BCUT2D eigenvalue weighted by atomic mass is 32.2. The number of hydrogen-bond donors (Lipinski definition) is 2. The summed E-state index contributed by atoms with van der Waals surface area (Å²) in [5, 5.41) is 7.09. The lowest BCUT2D eigenvalue weighted by Crippen LogP contribution is -2.48. The molecule has 1 fully saturated rings. The van der Waals surface area contributed by atoms with Gasteiger partial charge < -0.3 is 15.4 Å². The van der Waals surface area contributed by atoms with E-state index in [2.05, 4.69) is 10.6 Å². The number of methoxy groups -OCH3 is 1. The molecule has 0 aliphatic carbocycles. The van der Waals surface area contributed by atoms with E-state index in [1.807, 2.05) is 6.92 Å². The van der Waals surface area contributed by atoms with Crippen molar-refractivity contribution in [2.75, 3.05) is 25.2 Å². The van der Waals surface area contributed by atoms with Crippen LogP contribution in [0.2, 0.25) is 0 Å². The normalized spacial score (nSPS) is 27.1. The van der Waals surface area contributed by atoms with Crippen molar-refractivity contribution < 1.29 is 8.95 Å². The van der Waals surface area contributed by atoms with Crippen LogP contribution in [0.1, 0.15) is 19.8 Å². The Morgan fingerprint density at radius 3 is 2.75 bits per heavy atom. The van der Waals surface area contributed by atoms with Crippen LogP contribution < -0.4 is 10.6 Å². The molecule has 94 valence electrons. The van der Waals surface area contributed by atoms with Crippen LogP contribution >= 0.6 is 12.2 Å². The fourth-order valence-electron chi connectivity index (χ4n) is 1.68. The number of rotatable bonds is 4. The predicted octanol–water partition coefficient (Wildman–Crippen LogP) is 0.396. The van der Waals surface area contributed by atoms with Crippen molar-refractivity contribution >= 4 is 28.1 Å². The van der Waals surface area contributed by atoms with E-state index < -0.39 is 10.8 Å². The summed E-state index contributed by atoms with van der Waals surface area (Å²) in [6, 6.07) is 0.579. The first-order chi connectivity index (χ1) is 7.61. The molecular weight excluding hydrogens is 244 g/mol. The standard InChI is InChI=1S/C10H20N2O2S2/c1-8(7-14-2)11-10(15)12-9-3-5-16(13)6-4-9/h8-9H,3-7H2,1-2H3,(H2,11,12,15). The first kappa shape index (κ1) is 13.9. The lowest BCUT2D eigenvalue weighted by molar-refractivity contribution is 0.179. The summed E-state index contributed by atoms with van der Waals surface area (Å²) in [7, 11) is 1.06. The van der Waals surface area contributed by atoms with Crippen LogP contribution in [0.4, 0.5) is 0 Å².